The minimum atomic E-state index is 0.649. The molecule has 2 rings (SSSR count). The molecule has 0 aromatic carbocycles. The monoisotopic (exact) mass is 247 g/mol. The van der Waals surface area contributed by atoms with E-state index in [9.17, 15) is 0 Å². The van der Waals surface area contributed by atoms with Crippen LogP contribution < -0.4 is 5.32 Å². The molecular weight excluding hydrogens is 234 g/mol. The maximum Gasteiger partial charge on any atom is 0.127 e. The lowest BCUT2D eigenvalue weighted by Gasteiger charge is -2.01. The Morgan fingerprint density at radius 3 is 3.06 bits per heavy atom. The van der Waals surface area contributed by atoms with Crippen molar-refractivity contribution < 1.29 is 0 Å². The number of rotatable bonds is 4. The molecule has 88 valence electrons. The number of aryl methyl sites for hydroxylation is 2. The van der Waals surface area contributed by atoms with Gasteiger partial charge in [-0.05, 0) is 24.5 Å². The fourth-order valence-corrected chi connectivity index (χ4v) is 2.29. The van der Waals surface area contributed by atoms with E-state index in [1.807, 2.05) is 26.2 Å². The Kier molecular flexibility index (Phi) is 3.40. The van der Waals surface area contributed by atoms with Gasteiger partial charge in [-0.3, -0.25) is 4.68 Å². The van der Waals surface area contributed by atoms with Crippen molar-refractivity contribution in [3.8, 4) is 6.07 Å². The largest absolute Gasteiger partial charge is 0.374 e. The number of anilines is 1. The van der Waals surface area contributed by atoms with Crippen molar-refractivity contribution in [2.75, 3.05) is 11.9 Å². The van der Waals surface area contributed by atoms with E-state index in [4.69, 9.17) is 5.26 Å². The summed E-state index contributed by atoms with van der Waals surface area (Å²) >= 11 is 1.33. The molecule has 0 saturated carbocycles. The molecule has 17 heavy (non-hydrogen) atoms. The van der Waals surface area contributed by atoms with E-state index in [1.165, 1.54) is 11.5 Å². The maximum absolute atomic E-state index is 8.97. The number of nitrogens with zero attached hydrogens (tertiary/aromatic N) is 4. The third kappa shape index (κ3) is 2.63. The van der Waals surface area contributed by atoms with E-state index >= 15 is 0 Å². The van der Waals surface area contributed by atoms with Crippen molar-refractivity contribution in [3.63, 3.8) is 0 Å². The molecule has 0 spiro atoms. The highest BCUT2D eigenvalue weighted by atomic mass is 32.1. The Balaban J connectivity index is 1.92. The third-order valence-electron chi connectivity index (χ3n) is 2.41. The molecule has 2 aromatic rings. The van der Waals surface area contributed by atoms with Crippen LogP contribution in [0.2, 0.25) is 0 Å². The normalized spacial score (nSPS) is 10.2. The molecule has 0 saturated heterocycles. The van der Waals surface area contributed by atoms with Crippen LogP contribution in [0.4, 0.5) is 5.00 Å². The molecule has 6 heteroatoms. The summed E-state index contributed by atoms with van der Waals surface area (Å²) in [7, 11) is 1.90. The van der Waals surface area contributed by atoms with Crippen LogP contribution in [0.3, 0.4) is 0 Å². The van der Waals surface area contributed by atoms with E-state index in [0.29, 0.717) is 5.56 Å². The summed E-state index contributed by atoms with van der Waals surface area (Å²) in [4.78, 5) is 0. The van der Waals surface area contributed by atoms with Gasteiger partial charge in [-0.2, -0.15) is 14.7 Å². The van der Waals surface area contributed by atoms with E-state index in [-0.39, 0.29) is 0 Å². The summed E-state index contributed by atoms with van der Waals surface area (Å²) in [5.41, 5.74) is 2.48. The summed E-state index contributed by atoms with van der Waals surface area (Å²) < 4.78 is 5.94. The van der Waals surface area contributed by atoms with Crippen molar-refractivity contribution in [1.82, 2.24) is 14.2 Å². The van der Waals surface area contributed by atoms with Crippen LogP contribution in [0, 0.1) is 18.3 Å². The smallest absolute Gasteiger partial charge is 0.127 e. The van der Waals surface area contributed by atoms with Gasteiger partial charge < -0.3 is 5.32 Å². The molecule has 2 aromatic heterocycles. The fourth-order valence-electron chi connectivity index (χ4n) is 1.52. The third-order valence-corrected chi connectivity index (χ3v) is 3.31. The Morgan fingerprint density at radius 2 is 2.41 bits per heavy atom. The first-order valence-electron chi connectivity index (χ1n) is 5.29. The topological polar surface area (TPSA) is 66.5 Å². The van der Waals surface area contributed by atoms with Gasteiger partial charge >= 0.3 is 0 Å². The molecule has 1 N–H and O–H groups in total. The molecule has 0 aliphatic heterocycles. The summed E-state index contributed by atoms with van der Waals surface area (Å²) in [5, 5.41) is 17.3. The van der Waals surface area contributed by atoms with Crippen LogP contribution in [0.5, 0.6) is 0 Å². The first-order valence-corrected chi connectivity index (χ1v) is 6.07. The zero-order valence-electron chi connectivity index (χ0n) is 9.77. The predicted molar refractivity (Wildman–Crippen MR) is 67.0 cm³/mol. The number of aromatic nitrogens is 3. The molecule has 0 atom stereocenters. The lowest BCUT2D eigenvalue weighted by atomic mass is 10.2. The second-order valence-corrected chi connectivity index (χ2v) is 4.51. The highest BCUT2D eigenvalue weighted by Crippen LogP contribution is 2.22. The number of nitrogens with one attached hydrogen (secondary N) is 1. The van der Waals surface area contributed by atoms with Crippen molar-refractivity contribution in [2.24, 2.45) is 7.05 Å². The van der Waals surface area contributed by atoms with Gasteiger partial charge in [-0.1, -0.05) is 0 Å². The zero-order valence-corrected chi connectivity index (χ0v) is 10.6. The molecule has 0 amide bonds. The van der Waals surface area contributed by atoms with Crippen molar-refractivity contribution in [3.05, 3.63) is 29.2 Å². The van der Waals surface area contributed by atoms with Crippen molar-refractivity contribution in [1.29, 1.82) is 5.26 Å². The number of hydrogen-bond donors (Lipinski definition) is 1. The quantitative estimate of drug-likeness (QED) is 0.893. The lowest BCUT2D eigenvalue weighted by Crippen LogP contribution is -2.05. The van der Waals surface area contributed by atoms with E-state index in [2.05, 4.69) is 20.9 Å². The van der Waals surface area contributed by atoms with Gasteiger partial charge in [-0.15, -0.1) is 0 Å². The van der Waals surface area contributed by atoms with Crippen LogP contribution in [-0.2, 0) is 13.5 Å². The highest BCUT2D eigenvalue weighted by Gasteiger charge is 2.09. The molecule has 0 radical (unpaired) electrons. The van der Waals surface area contributed by atoms with Crippen LogP contribution in [0.15, 0.2) is 12.3 Å². The first kappa shape index (κ1) is 11.6. The summed E-state index contributed by atoms with van der Waals surface area (Å²) in [6.07, 6.45) is 2.76. The summed E-state index contributed by atoms with van der Waals surface area (Å²) in [6, 6.07) is 4.15. The second kappa shape index (κ2) is 4.97. The Bertz CT molecular complexity index is 548. The fraction of sp³-hybridized carbons (Fsp3) is 0.364. The maximum atomic E-state index is 8.97. The van der Waals surface area contributed by atoms with E-state index in [0.717, 1.165) is 29.4 Å². The Hall–Kier alpha value is -1.87. The van der Waals surface area contributed by atoms with Crippen LogP contribution in [0.1, 0.15) is 17.0 Å². The molecule has 0 fully saturated rings. The summed E-state index contributed by atoms with van der Waals surface area (Å²) in [5.74, 6) is 0. The average molecular weight is 247 g/mol. The van der Waals surface area contributed by atoms with E-state index in [1.54, 1.807) is 4.68 Å². The molecular formula is C11H13N5S. The van der Waals surface area contributed by atoms with Crippen molar-refractivity contribution in [2.45, 2.75) is 13.3 Å². The van der Waals surface area contributed by atoms with Crippen molar-refractivity contribution >= 4 is 16.5 Å². The van der Waals surface area contributed by atoms with Gasteiger partial charge in [0.2, 0.25) is 0 Å². The lowest BCUT2D eigenvalue weighted by molar-refractivity contribution is 0.742. The second-order valence-electron chi connectivity index (χ2n) is 3.74. The molecule has 0 unspecified atom stereocenters. The molecule has 0 bridgehead atoms. The van der Waals surface area contributed by atoms with E-state index < -0.39 is 0 Å². The minimum absolute atomic E-state index is 0.649. The van der Waals surface area contributed by atoms with Gasteiger partial charge in [-0.25, -0.2) is 0 Å². The molecule has 0 aliphatic carbocycles. The van der Waals surface area contributed by atoms with Gasteiger partial charge in [0.05, 0.1) is 11.4 Å². The number of hydrogen-bond acceptors (Lipinski definition) is 5. The standard InChI is InChI=1S/C11H13N5S/c1-8-10(7-12)11(17-15-8)13-5-3-9-4-6-16(2)14-9/h4,6,13H,3,5H2,1-2H3. The number of nitriles is 1. The SMILES string of the molecule is Cc1nsc(NCCc2ccn(C)n2)c1C#N. The van der Waals surface area contributed by atoms with Gasteiger partial charge in [0.15, 0.2) is 0 Å². The Labute approximate surface area is 104 Å². The molecule has 5 nitrogen and oxygen atoms in total. The molecule has 2 heterocycles. The van der Waals surface area contributed by atoms with Gasteiger partial charge in [0, 0.05) is 26.2 Å². The zero-order chi connectivity index (χ0) is 12.3. The van der Waals surface area contributed by atoms with Crippen LogP contribution >= 0.6 is 11.5 Å². The predicted octanol–water partition coefficient (Wildman–Crippen LogP) is 1.71. The Morgan fingerprint density at radius 1 is 1.59 bits per heavy atom. The minimum Gasteiger partial charge on any atom is -0.374 e. The first-order chi connectivity index (χ1) is 8.20. The average Bonchev–Trinajstić information content (AvgIpc) is 2.86. The van der Waals surface area contributed by atoms with Gasteiger partial charge in [0.25, 0.3) is 0 Å². The molecule has 0 aliphatic rings. The van der Waals surface area contributed by atoms with Gasteiger partial charge in [0.1, 0.15) is 16.6 Å². The highest BCUT2D eigenvalue weighted by molar-refractivity contribution is 7.10. The summed E-state index contributed by atoms with van der Waals surface area (Å²) in [6.45, 7) is 2.60. The van der Waals surface area contributed by atoms with Crippen LogP contribution in [0.25, 0.3) is 0 Å². The van der Waals surface area contributed by atoms with Crippen LogP contribution in [-0.4, -0.2) is 20.7 Å².